The fraction of sp³-hybridized carbons (Fsp3) is 0.273. The second kappa shape index (κ2) is 6.06. The third-order valence-corrected chi connectivity index (χ3v) is 2.84. The van der Waals surface area contributed by atoms with Crippen LogP contribution in [0.15, 0.2) is 23.3 Å². The molecule has 2 aromatic heterocycles. The monoisotopic (exact) mass is 264 g/mol. The molecule has 0 amide bonds. The summed E-state index contributed by atoms with van der Waals surface area (Å²) < 4.78 is 4.58. The summed E-state index contributed by atoms with van der Waals surface area (Å²) in [6.45, 7) is 0.684. The molecule has 2 rings (SSSR count). The van der Waals surface area contributed by atoms with E-state index >= 15 is 0 Å². The average molecular weight is 264 g/mol. The standard InChI is InChI=1S/C11H12N4O2S/c1-17-11(16)9-4-12-5-10(15-9)13-3-2-8-6-18-7-14-8/h4-7H,2-3H2,1H3,(H,13,15). The molecule has 1 N–H and O–H groups in total. The molecular weight excluding hydrogens is 252 g/mol. The largest absolute Gasteiger partial charge is 0.464 e. The number of esters is 1. The molecule has 7 heteroatoms. The maximum atomic E-state index is 11.3. The van der Waals surface area contributed by atoms with Crippen molar-refractivity contribution in [2.24, 2.45) is 0 Å². The van der Waals surface area contributed by atoms with E-state index in [2.05, 4.69) is 25.0 Å². The first-order valence-corrected chi connectivity index (χ1v) is 6.25. The number of aromatic nitrogens is 3. The molecule has 0 saturated carbocycles. The number of ether oxygens (including phenoxy) is 1. The van der Waals surface area contributed by atoms with Gasteiger partial charge in [-0.15, -0.1) is 11.3 Å². The van der Waals surface area contributed by atoms with Crippen LogP contribution in [0.2, 0.25) is 0 Å². The molecule has 0 aliphatic heterocycles. The quantitative estimate of drug-likeness (QED) is 0.822. The van der Waals surface area contributed by atoms with E-state index in [0.29, 0.717) is 12.4 Å². The summed E-state index contributed by atoms with van der Waals surface area (Å²) in [6, 6.07) is 0. The maximum Gasteiger partial charge on any atom is 0.358 e. The van der Waals surface area contributed by atoms with Crippen LogP contribution in [0.3, 0.4) is 0 Å². The van der Waals surface area contributed by atoms with Gasteiger partial charge in [-0.05, 0) is 0 Å². The van der Waals surface area contributed by atoms with E-state index in [1.54, 1.807) is 23.0 Å². The smallest absolute Gasteiger partial charge is 0.358 e. The molecule has 0 fully saturated rings. The molecule has 0 spiro atoms. The zero-order valence-electron chi connectivity index (χ0n) is 9.79. The van der Waals surface area contributed by atoms with Crippen molar-refractivity contribution in [3.8, 4) is 0 Å². The number of carbonyl (C=O) groups excluding carboxylic acids is 1. The molecule has 94 valence electrons. The van der Waals surface area contributed by atoms with Crippen LogP contribution in [0.4, 0.5) is 5.82 Å². The maximum absolute atomic E-state index is 11.3. The lowest BCUT2D eigenvalue weighted by atomic mass is 10.3. The van der Waals surface area contributed by atoms with Crippen molar-refractivity contribution in [3.05, 3.63) is 34.7 Å². The van der Waals surface area contributed by atoms with Gasteiger partial charge in [0.05, 0.1) is 30.7 Å². The van der Waals surface area contributed by atoms with Crippen LogP contribution in [0.25, 0.3) is 0 Å². The first-order chi connectivity index (χ1) is 8.79. The van der Waals surface area contributed by atoms with Gasteiger partial charge in [0.2, 0.25) is 0 Å². The molecule has 0 aliphatic rings. The Morgan fingerprint density at radius 2 is 2.39 bits per heavy atom. The van der Waals surface area contributed by atoms with Crippen molar-refractivity contribution < 1.29 is 9.53 Å². The second-order valence-corrected chi connectivity index (χ2v) is 4.16. The van der Waals surface area contributed by atoms with E-state index in [9.17, 15) is 4.79 Å². The van der Waals surface area contributed by atoms with Crippen molar-refractivity contribution in [1.29, 1.82) is 0 Å². The SMILES string of the molecule is COC(=O)c1cncc(NCCc2cscn2)n1. The Labute approximate surface area is 108 Å². The van der Waals surface area contributed by atoms with Crippen LogP contribution in [-0.2, 0) is 11.2 Å². The number of methoxy groups -OCH3 is 1. The number of hydrogen-bond acceptors (Lipinski definition) is 7. The average Bonchev–Trinajstić information content (AvgIpc) is 2.91. The highest BCUT2D eigenvalue weighted by atomic mass is 32.1. The third kappa shape index (κ3) is 3.24. The predicted octanol–water partition coefficient (Wildman–Crippen LogP) is 1.37. The third-order valence-electron chi connectivity index (χ3n) is 2.20. The number of thiazole rings is 1. The molecule has 18 heavy (non-hydrogen) atoms. The lowest BCUT2D eigenvalue weighted by Crippen LogP contribution is -2.10. The molecule has 0 aromatic carbocycles. The summed E-state index contributed by atoms with van der Waals surface area (Å²) >= 11 is 1.57. The van der Waals surface area contributed by atoms with Crippen LogP contribution in [-0.4, -0.2) is 34.6 Å². The Morgan fingerprint density at radius 1 is 1.50 bits per heavy atom. The molecule has 6 nitrogen and oxygen atoms in total. The summed E-state index contributed by atoms with van der Waals surface area (Å²) in [4.78, 5) is 23.5. The molecule has 0 aliphatic carbocycles. The van der Waals surface area contributed by atoms with E-state index in [1.165, 1.54) is 13.3 Å². The molecule has 2 aromatic rings. The highest BCUT2D eigenvalue weighted by Gasteiger charge is 2.08. The Balaban J connectivity index is 1.91. The fourth-order valence-electron chi connectivity index (χ4n) is 1.33. The molecule has 0 unspecified atom stereocenters. The van der Waals surface area contributed by atoms with Crippen LogP contribution >= 0.6 is 11.3 Å². The van der Waals surface area contributed by atoms with Crippen LogP contribution in [0.5, 0.6) is 0 Å². The van der Waals surface area contributed by atoms with Crippen LogP contribution < -0.4 is 5.32 Å². The van der Waals surface area contributed by atoms with Crippen molar-refractivity contribution >= 4 is 23.1 Å². The highest BCUT2D eigenvalue weighted by Crippen LogP contribution is 2.05. The van der Waals surface area contributed by atoms with E-state index in [1.807, 2.05) is 5.38 Å². The van der Waals surface area contributed by atoms with Gasteiger partial charge in [-0.2, -0.15) is 0 Å². The Kier molecular flexibility index (Phi) is 4.19. The number of rotatable bonds is 5. The molecule has 0 bridgehead atoms. The number of nitrogens with zero attached hydrogens (tertiary/aromatic N) is 3. The zero-order valence-corrected chi connectivity index (χ0v) is 10.6. The van der Waals surface area contributed by atoms with Gasteiger partial charge in [0.25, 0.3) is 0 Å². The van der Waals surface area contributed by atoms with E-state index in [4.69, 9.17) is 0 Å². The normalized spacial score (nSPS) is 10.1. The van der Waals surface area contributed by atoms with Gasteiger partial charge in [-0.25, -0.2) is 14.8 Å². The van der Waals surface area contributed by atoms with Gasteiger partial charge in [0, 0.05) is 18.3 Å². The highest BCUT2D eigenvalue weighted by molar-refractivity contribution is 7.07. The summed E-state index contributed by atoms with van der Waals surface area (Å²) in [6.07, 6.45) is 3.73. The van der Waals surface area contributed by atoms with E-state index in [-0.39, 0.29) is 5.69 Å². The lowest BCUT2D eigenvalue weighted by molar-refractivity contribution is 0.0593. The Bertz CT molecular complexity index is 516. The Hall–Kier alpha value is -2.02. The van der Waals surface area contributed by atoms with Gasteiger partial charge < -0.3 is 10.1 Å². The van der Waals surface area contributed by atoms with Gasteiger partial charge >= 0.3 is 5.97 Å². The molecule has 0 atom stereocenters. The first-order valence-electron chi connectivity index (χ1n) is 5.31. The minimum Gasteiger partial charge on any atom is -0.464 e. The molecule has 2 heterocycles. The van der Waals surface area contributed by atoms with Gasteiger partial charge in [0.1, 0.15) is 5.82 Å². The van der Waals surface area contributed by atoms with Gasteiger partial charge in [-0.1, -0.05) is 0 Å². The number of carbonyl (C=O) groups is 1. The van der Waals surface area contributed by atoms with Gasteiger partial charge in [0.15, 0.2) is 5.69 Å². The summed E-state index contributed by atoms with van der Waals surface area (Å²) in [5.41, 5.74) is 3.02. The van der Waals surface area contributed by atoms with Crippen LogP contribution in [0, 0.1) is 0 Å². The number of nitrogens with one attached hydrogen (secondary N) is 1. The number of anilines is 1. The van der Waals surface area contributed by atoms with Crippen molar-refractivity contribution in [3.63, 3.8) is 0 Å². The Morgan fingerprint density at radius 3 is 3.11 bits per heavy atom. The predicted molar refractivity (Wildman–Crippen MR) is 67.7 cm³/mol. The first kappa shape index (κ1) is 12.4. The summed E-state index contributed by atoms with van der Waals surface area (Å²) in [7, 11) is 1.31. The lowest BCUT2D eigenvalue weighted by Gasteiger charge is -2.05. The molecule has 0 saturated heterocycles. The topological polar surface area (TPSA) is 77.0 Å². The minimum absolute atomic E-state index is 0.191. The van der Waals surface area contributed by atoms with Crippen molar-refractivity contribution in [1.82, 2.24) is 15.0 Å². The zero-order chi connectivity index (χ0) is 12.8. The minimum atomic E-state index is -0.495. The van der Waals surface area contributed by atoms with Gasteiger partial charge in [-0.3, -0.25) is 4.98 Å². The van der Waals surface area contributed by atoms with Crippen molar-refractivity contribution in [2.75, 3.05) is 19.0 Å². The second-order valence-electron chi connectivity index (χ2n) is 3.44. The summed E-state index contributed by atoms with van der Waals surface area (Å²) in [5, 5.41) is 5.08. The van der Waals surface area contributed by atoms with E-state index in [0.717, 1.165) is 12.1 Å². The van der Waals surface area contributed by atoms with Crippen molar-refractivity contribution in [2.45, 2.75) is 6.42 Å². The number of hydrogen-bond donors (Lipinski definition) is 1. The molecular formula is C11H12N4O2S. The van der Waals surface area contributed by atoms with E-state index < -0.39 is 5.97 Å². The van der Waals surface area contributed by atoms with Crippen LogP contribution in [0.1, 0.15) is 16.2 Å². The summed E-state index contributed by atoms with van der Waals surface area (Å²) in [5.74, 6) is 0.0544. The fourth-order valence-corrected chi connectivity index (χ4v) is 1.93. The molecule has 0 radical (unpaired) electrons.